The number of carbonyl (C=O) groups is 2. The smallest absolute Gasteiger partial charge is 0.338 e. The first-order valence-corrected chi connectivity index (χ1v) is 9.82. The fraction of sp³-hybridized carbons (Fsp3) is 0.0952. The third kappa shape index (κ3) is 3.44. The number of thiophene rings is 1. The molecule has 0 unspecified atom stereocenters. The zero-order valence-electron chi connectivity index (χ0n) is 14.9. The van der Waals surface area contributed by atoms with Gasteiger partial charge < -0.3 is 10.1 Å². The summed E-state index contributed by atoms with van der Waals surface area (Å²) < 4.78 is 5.91. The van der Waals surface area contributed by atoms with Crippen LogP contribution < -0.4 is 5.32 Å². The molecule has 0 spiro atoms. The number of aromatic nitrogens is 1. The van der Waals surface area contributed by atoms with E-state index in [4.69, 9.17) is 16.3 Å². The summed E-state index contributed by atoms with van der Waals surface area (Å²) in [5.74, 6) is -0.702. The van der Waals surface area contributed by atoms with Gasteiger partial charge in [0.1, 0.15) is 5.15 Å². The lowest BCUT2D eigenvalue weighted by Gasteiger charge is -2.06. The Kier molecular flexibility index (Phi) is 4.98. The summed E-state index contributed by atoms with van der Waals surface area (Å²) in [6.07, 6.45) is 0. The van der Waals surface area contributed by atoms with Crippen LogP contribution in [0.15, 0.2) is 54.6 Å². The summed E-state index contributed by atoms with van der Waals surface area (Å²) in [4.78, 5) is 29.5. The van der Waals surface area contributed by atoms with Crippen molar-refractivity contribution in [1.29, 1.82) is 0 Å². The third-order valence-corrected chi connectivity index (χ3v) is 5.63. The summed E-state index contributed by atoms with van der Waals surface area (Å²) in [5, 5.41) is 4.89. The highest BCUT2D eigenvalue weighted by atomic mass is 35.5. The fourth-order valence-electron chi connectivity index (χ4n) is 2.92. The standard InChI is InChI=1S/C21H15ClN2O3S/c1-2-27-21(26)12-6-5-7-13(10-12)23-20(25)17-11-15-18(28-17)14-8-3-4-9-16(14)24-19(15)22/h3-11H,2H2,1H3,(H,23,25). The Balaban J connectivity index is 1.66. The number of carbonyl (C=O) groups excluding carboxylic acids is 2. The molecule has 7 heteroatoms. The van der Waals surface area contributed by atoms with E-state index in [1.165, 1.54) is 11.3 Å². The molecule has 4 rings (SSSR count). The van der Waals surface area contributed by atoms with E-state index in [0.717, 1.165) is 21.0 Å². The number of pyridine rings is 1. The Bertz CT molecular complexity index is 1220. The first-order valence-electron chi connectivity index (χ1n) is 8.63. The Morgan fingerprint density at radius 1 is 1.11 bits per heavy atom. The Morgan fingerprint density at radius 3 is 2.75 bits per heavy atom. The van der Waals surface area contributed by atoms with E-state index in [2.05, 4.69) is 10.3 Å². The topological polar surface area (TPSA) is 68.3 Å². The van der Waals surface area contributed by atoms with Gasteiger partial charge in [-0.05, 0) is 37.3 Å². The van der Waals surface area contributed by atoms with Crippen LogP contribution in [0.1, 0.15) is 27.0 Å². The third-order valence-electron chi connectivity index (χ3n) is 4.18. The van der Waals surface area contributed by atoms with Crippen molar-refractivity contribution >= 4 is 61.5 Å². The second-order valence-electron chi connectivity index (χ2n) is 6.03. The summed E-state index contributed by atoms with van der Waals surface area (Å²) in [5.41, 5.74) is 1.69. The highest BCUT2D eigenvalue weighted by Gasteiger charge is 2.16. The maximum atomic E-state index is 12.8. The average Bonchev–Trinajstić information content (AvgIpc) is 3.15. The van der Waals surface area contributed by atoms with Gasteiger partial charge in [0.25, 0.3) is 5.91 Å². The Labute approximate surface area is 169 Å². The van der Waals surface area contributed by atoms with Crippen LogP contribution in [0.5, 0.6) is 0 Å². The van der Waals surface area contributed by atoms with Crippen molar-refractivity contribution in [3.8, 4) is 0 Å². The molecule has 28 heavy (non-hydrogen) atoms. The minimum Gasteiger partial charge on any atom is -0.462 e. The second-order valence-corrected chi connectivity index (χ2v) is 7.44. The first-order chi connectivity index (χ1) is 13.6. The van der Waals surface area contributed by atoms with Crippen LogP contribution >= 0.6 is 22.9 Å². The van der Waals surface area contributed by atoms with Crippen molar-refractivity contribution in [2.75, 3.05) is 11.9 Å². The number of nitrogens with zero attached hydrogens (tertiary/aromatic N) is 1. The lowest BCUT2D eigenvalue weighted by molar-refractivity contribution is 0.0526. The molecule has 1 N–H and O–H groups in total. The molecule has 2 heterocycles. The van der Waals surface area contributed by atoms with E-state index >= 15 is 0 Å². The van der Waals surface area contributed by atoms with E-state index < -0.39 is 5.97 Å². The molecule has 0 aliphatic rings. The van der Waals surface area contributed by atoms with Crippen molar-refractivity contribution in [2.45, 2.75) is 6.92 Å². The molecule has 0 aliphatic carbocycles. The van der Waals surface area contributed by atoms with E-state index in [0.29, 0.717) is 27.9 Å². The van der Waals surface area contributed by atoms with Gasteiger partial charge in [0, 0.05) is 21.2 Å². The van der Waals surface area contributed by atoms with Gasteiger partial charge in [-0.15, -0.1) is 11.3 Å². The fourth-order valence-corrected chi connectivity index (χ4v) is 4.30. The maximum Gasteiger partial charge on any atom is 0.338 e. The number of halogens is 1. The van der Waals surface area contributed by atoms with Crippen LogP contribution in [0, 0.1) is 0 Å². The Hall–Kier alpha value is -2.96. The molecule has 1 amide bonds. The van der Waals surface area contributed by atoms with Crippen LogP contribution in [0.2, 0.25) is 5.15 Å². The Morgan fingerprint density at radius 2 is 1.93 bits per heavy atom. The quantitative estimate of drug-likeness (QED) is 0.354. The van der Waals surface area contributed by atoms with Gasteiger partial charge in [0.2, 0.25) is 0 Å². The molecule has 4 aromatic rings. The van der Waals surface area contributed by atoms with Crippen LogP contribution in [0.25, 0.3) is 21.0 Å². The number of hydrogen-bond acceptors (Lipinski definition) is 5. The molecule has 2 aromatic carbocycles. The lowest BCUT2D eigenvalue weighted by Crippen LogP contribution is -2.11. The summed E-state index contributed by atoms with van der Waals surface area (Å²) in [6, 6.07) is 16.1. The molecular weight excluding hydrogens is 396 g/mol. The molecule has 0 atom stereocenters. The molecule has 0 fully saturated rings. The van der Waals surface area contributed by atoms with Crippen LogP contribution in [0.3, 0.4) is 0 Å². The number of ether oxygens (including phenoxy) is 1. The zero-order valence-corrected chi connectivity index (χ0v) is 16.4. The molecule has 2 aromatic heterocycles. The van der Waals surface area contributed by atoms with E-state index in [-0.39, 0.29) is 5.91 Å². The number of anilines is 1. The van der Waals surface area contributed by atoms with Gasteiger partial charge in [-0.2, -0.15) is 0 Å². The second kappa shape index (κ2) is 7.58. The number of hydrogen-bond donors (Lipinski definition) is 1. The van der Waals surface area contributed by atoms with Crippen LogP contribution in [0.4, 0.5) is 5.69 Å². The normalized spacial score (nSPS) is 10.9. The molecule has 0 saturated carbocycles. The molecule has 140 valence electrons. The molecular formula is C21H15ClN2O3S. The SMILES string of the molecule is CCOC(=O)c1cccc(NC(=O)c2cc3c(Cl)nc4ccccc4c3s2)c1. The van der Waals surface area contributed by atoms with Gasteiger partial charge in [0.15, 0.2) is 0 Å². The van der Waals surface area contributed by atoms with Crippen LogP contribution in [-0.2, 0) is 4.74 Å². The van der Waals surface area contributed by atoms with Gasteiger partial charge in [0.05, 0.1) is 22.6 Å². The highest BCUT2D eigenvalue weighted by Crippen LogP contribution is 2.36. The molecule has 0 saturated heterocycles. The minimum atomic E-state index is -0.426. The summed E-state index contributed by atoms with van der Waals surface area (Å²) in [7, 11) is 0. The van der Waals surface area contributed by atoms with Gasteiger partial charge in [-0.25, -0.2) is 9.78 Å². The monoisotopic (exact) mass is 410 g/mol. The number of fused-ring (bicyclic) bond motifs is 3. The van der Waals surface area contributed by atoms with Crippen molar-refractivity contribution < 1.29 is 14.3 Å². The number of esters is 1. The average molecular weight is 411 g/mol. The first kappa shape index (κ1) is 18.4. The maximum absolute atomic E-state index is 12.8. The summed E-state index contributed by atoms with van der Waals surface area (Å²) >= 11 is 7.67. The molecule has 0 bridgehead atoms. The predicted octanol–water partition coefficient (Wildman–Crippen LogP) is 5.53. The van der Waals surface area contributed by atoms with E-state index in [1.54, 1.807) is 37.3 Å². The summed E-state index contributed by atoms with van der Waals surface area (Å²) in [6.45, 7) is 2.04. The van der Waals surface area contributed by atoms with Gasteiger partial charge in [-0.1, -0.05) is 35.9 Å². The number of benzene rings is 2. The van der Waals surface area contributed by atoms with Crippen molar-refractivity contribution in [2.24, 2.45) is 0 Å². The largest absolute Gasteiger partial charge is 0.462 e. The number of rotatable bonds is 4. The molecule has 5 nitrogen and oxygen atoms in total. The predicted molar refractivity (Wildman–Crippen MR) is 112 cm³/mol. The number of nitrogens with one attached hydrogen (secondary N) is 1. The lowest BCUT2D eigenvalue weighted by atomic mass is 10.2. The van der Waals surface area contributed by atoms with E-state index in [9.17, 15) is 9.59 Å². The van der Waals surface area contributed by atoms with E-state index in [1.807, 2.05) is 24.3 Å². The highest BCUT2D eigenvalue weighted by molar-refractivity contribution is 7.22. The number of amides is 1. The van der Waals surface area contributed by atoms with Gasteiger partial charge in [-0.3, -0.25) is 4.79 Å². The minimum absolute atomic E-state index is 0.276. The van der Waals surface area contributed by atoms with Crippen molar-refractivity contribution in [3.05, 3.63) is 70.2 Å². The van der Waals surface area contributed by atoms with Crippen molar-refractivity contribution in [3.63, 3.8) is 0 Å². The number of para-hydroxylation sites is 1. The zero-order chi connectivity index (χ0) is 19.7. The molecule has 0 radical (unpaired) electrons. The molecule has 0 aliphatic heterocycles. The van der Waals surface area contributed by atoms with Crippen LogP contribution in [-0.4, -0.2) is 23.5 Å². The van der Waals surface area contributed by atoms with Crippen molar-refractivity contribution in [1.82, 2.24) is 4.98 Å². The van der Waals surface area contributed by atoms with Gasteiger partial charge >= 0.3 is 5.97 Å².